The van der Waals surface area contributed by atoms with E-state index in [1.54, 1.807) is 12.6 Å². The fourth-order valence-electron chi connectivity index (χ4n) is 3.46. The minimum atomic E-state index is -0.314. The minimum absolute atomic E-state index is 0.0546. The monoisotopic (exact) mass is 314 g/mol. The maximum Gasteiger partial charge on any atom is 0.407 e. The molecule has 0 spiro atoms. The van der Waals surface area contributed by atoms with Crippen LogP contribution in [-0.4, -0.2) is 43.3 Å². The van der Waals surface area contributed by atoms with Crippen LogP contribution in [-0.2, 0) is 11.2 Å². The summed E-state index contributed by atoms with van der Waals surface area (Å²) < 4.78 is 5.40. The Morgan fingerprint density at radius 3 is 2.57 bits per heavy atom. The number of hydrogen-bond donors (Lipinski definition) is 1. The standard InChI is InChI=1S/C19H26N2O2/c1-20-19(22)23-17-10-12-21(13-11-17)18(16-8-5-9-16)14-15-6-3-2-4-7-15/h2-4,6-8,17-18H,5,9-14H2,1H3,(H,20,22). The molecule has 124 valence electrons. The molecule has 0 saturated carbocycles. The SMILES string of the molecule is CNC(=O)OC1CCN(C(Cc2ccccc2)C2=CCC2)CC1. The van der Waals surface area contributed by atoms with Gasteiger partial charge in [0.15, 0.2) is 0 Å². The number of carbonyl (C=O) groups excluding carboxylic acids is 1. The Labute approximate surface area is 138 Å². The number of piperidine rings is 1. The number of hydrogen-bond acceptors (Lipinski definition) is 3. The highest BCUT2D eigenvalue weighted by molar-refractivity contribution is 5.66. The van der Waals surface area contributed by atoms with E-state index in [2.05, 4.69) is 46.6 Å². The molecule has 1 amide bonds. The molecule has 1 aliphatic heterocycles. The summed E-state index contributed by atoms with van der Waals surface area (Å²) in [5.74, 6) is 0. The fraction of sp³-hybridized carbons (Fsp3) is 0.526. The molecular formula is C19H26N2O2. The van der Waals surface area contributed by atoms with Gasteiger partial charge in [0, 0.05) is 26.2 Å². The predicted octanol–water partition coefficient (Wildman–Crippen LogP) is 3.14. The van der Waals surface area contributed by atoms with E-state index in [0.29, 0.717) is 6.04 Å². The van der Waals surface area contributed by atoms with E-state index in [4.69, 9.17) is 4.74 Å². The van der Waals surface area contributed by atoms with Gasteiger partial charge in [0.25, 0.3) is 0 Å². The number of ether oxygens (including phenoxy) is 1. The number of amides is 1. The van der Waals surface area contributed by atoms with Gasteiger partial charge in [-0.05, 0) is 37.7 Å². The summed E-state index contributed by atoms with van der Waals surface area (Å²) in [6.07, 6.45) is 7.50. The summed E-state index contributed by atoms with van der Waals surface area (Å²) in [5.41, 5.74) is 2.98. The summed E-state index contributed by atoms with van der Waals surface area (Å²) in [5, 5.41) is 2.53. The molecule has 1 aliphatic carbocycles. The zero-order chi connectivity index (χ0) is 16.1. The van der Waals surface area contributed by atoms with E-state index in [-0.39, 0.29) is 12.2 Å². The van der Waals surface area contributed by atoms with Crippen molar-refractivity contribution in [2.45, 2.75) is 44.2 Å². The number of rotatable bonds is 5. The fourth-order valence-corrected chi connectivity index (χ4v) is 3.46. The summed E-state index contributed by atoms with van der Waals surface area (Å²) in [6.45, 7) is 1.99. The molecular weight excluding hydrogens is 288 g/mol. The van der Waals surface area contributed by atoms with Crippen LogP contribution in [0.3, 0.4) is 0 Å². The number of alkyl carbamates (subject to hydrolysis) is 1. The third kappa shape index (κ3) is 4.14. The third-order valence-corrected chi connectivity index (χ3v) is 4.93. The molecule has 1 atom stereocenters. The number of likely N-dealkylation sites (tertiary alicyclic amines) is 1. The minimum Gasteiger partial charge on any atom is -0.446 e. The van der Waals surface area contributed by atoms with Gasteiger partial charge in [-0.25, -0.2) is 4.79 Å². The average Bonchev–Trinajstić information content (AvgIpc) is 2.54. The van der Waals surface area contributed by atoms with Crippen molar-refractivity contribution in [2.75, 3.05) is 20.1 Å². The number of allylic oxidation sites excluding steroid dienone is 1. The van der Waals surface area contributed by atoms with Gasteiger partial charge in [-0.15, -0.1) is 0 Å². The lowest BCUT2D eigenvalue weighted by Crippen LogP contribution is -2.46. The van der Waals surface area contributed by atoms with Crippen LogP contribution in [0.2, 0.25) is 0 Å². The first-order chi connectivity index (χ1) is 11.3. The van der Waals surface area contributed by atoms with Crippen molar-refractivity contribution in [3.05, 3.63) is 47.5 Å². The van der Waals surface area contributed by atoms with Crippen molar-refractivity contribution in [2.24, 2.45) is 0 Å². The van der Waals surface area contributed by atoms with Crippen molar-refractivity contribution in [3.63, 3.8) is 0 Å². The molecule has 1 aromatic carbocycles. The van der Waals surface area contributed by atoms with Crippen molar-refractivity contribution in [3.8, 4) is 0 Å². The van der Waals surface area contributed by atoms with Gasteiger partial charge in [0.05, 0.1) is 0 Å². The molecule has 1 unspecified atom stereocenters. The van der Waals surface area contributed by atoms with Crippen LogP contribution in [0.5, 0.6) is 0 Å². The Morgan fingerprint density at radius 1 is 1.30 bits per heavy atom. The van der Waals surface area contributed by atoms with Gasteiger partial charge in [0.1, 0.15) is 6.10 Å². The normalized spacial score (nSPS) is 20.3. The van der Waals surface area contributed by atoms with Crippen LogP contribution in [0.1, 0.15) is 31.2 Å². The molecule has 23 heavy (non-hydrogen) atoms. The molecule has 3 rings (SSSR count). The maximum atomic E-state index is 11.3. The Morgan fingerprint density at radius 2 is 2.00 bits per heavy atom. The number of nitrogens with one attached hydrogen (secondary N) is 1. The lowest BCUT2D eigenvalue weighted by Gasteiger charge is -2.40. The van der Waals surface area contributed by atoms with Gasteiger partial charge in [-0.1, -0.05) is 42.0 Å². The third-order valence-electron chi connectivity index (χ3n) is 4.93. The van der Waals surface area contributed by atoms with Crippen molar-refractivity contribution < 1.29 is 9.53 Å². The molecule has 0 radical (unpaired) electrons. The summed E-state index contributed by atoms with van der Waals surface area (Å²) in [7, 11) is 1.61. The van der Waals surface area contributed by atoms with Gasteiger partial charge >= 0.3 is 6.09 Å². The first-order valence-electron chi connectivity index (χ1n) is 8.61. The van der Waals surface area contributed by atoms with E-state index in [1.165, 1.54) is 18.4 Å². The molecule has 1 N–H and O–H groups in total. The summed E-state index contributed by atoms with van der Waals surface area (Å²) >= 11 is 0. The van der Waals surface area contributed by atoms with Gasteiger partial charge in [-0.3, -0.25) is 4.90 Å². The average molecular weight is 314 g/mol. The van der Waals surface area contributed by atoms with Crippen LogP contribution in [0, 0.1) is 0 Å². The molecule has 1 aromatic rings. The van der Waals surface area contributed by atoms with Crippen LogP contribution in [0.25, 0.3) is 0 Å². The Balaban J connectivity index is 1.60. The van der Waals surface area contributed by atoms with E-state index in [1.807, 2.05) is 0 Å². The predicted molar refractivity (Wildman–Crippen MR) is 91.4 cm³/mol. The van der Waals surface area contributed by atoms with Crippen molar-refractivity contribution >= 4 is 6.09 Å². The highest BCUT2D eigenvalue weighted by Crippen LogP contribution is 2.30. The lowest BCUT2D eigenvalue weighted by molar-refractivity contribution is 0.0425. The van der Waals surface area contributed by atoms with Gasteiger partial charge < -0.3 is 10.1 Å². The Kier molecular flexibility index (Phi) is 5.34. The van der Waals surface area contributed by atoms with Crippen molar-refractivity contribution in [1.82, 2.24) is 10.2 Å². The first kappa shape index (κ1) is 16.1. The van der Waals surface area contributed by atoms with Crippen molar-refractivity contribution in [1.29, 1.82) is 0 Å². The molecule has 1 saturated heterocycles. The smallest absolute Gasteiger partial charge is 0.407 e. The molecule has 0 bridgehead atoms. The van der Waals surface area contributed by atoms with E-state index < -0.39 is 0 Å². The largest absolute Gasteiger partial charge is 0.446 e. The number of benzene rings is 1. The molecule has 4 nitrogen and oxygen atoms in total. The number of nitrogens with zero attached hydrogens (tertiary/aromatic N) is 1. The van der Waals surface area contributed by atoms with E-state index in [0.717, 1.165) is 32.4 Å². The van der Waals surface area contributed by atoms with Gasteiger partial charge in [0.2, 0.25) is 0 Å². The van der Waals surface area contributed by atoms with Crippen LogP contribution >= 0.6 is 0 Å². The highest BCUT2D eigenvalue weighted by Gasteiger charge is 2.30. The lowest BCUT2D eigenvalue weighted by atomic mass is 9.86. The highest BCUT2D eigenvalue weighted by atomic mass is 16.6. The van der Waals surface area contributed by atoms with Crippen LogP contribution in [0.4, 0.5) is 4.79 Å². The Bertz CT molecular complexity index is 548. The van der Waals surface area contributed by atoms with Gasteiger partial charge in [-0.2, -0.15) is 0 Å². The summed E-state index contributed by atoms with van der Waals surface area (Å²) in [4.78, 5) is 13.9. The second-order valence-electron chi connectivity index (χ2n) is 6.41. The maximum absolute atomic E-state index is 11.3. The van der Waals surface area contributed by atoms with Crippen LogP contribution in [0.15, 0.2) is 42.0 Å². The molecule has 1 fully saturated rings. The zero-order valence-corrected chi connectivity index (χ0v) is 13.8. The second-order valence-corrected chi connectivity index (χ2v) is 6.41. The number of carbonyl (C=O) groups is 1. The molecule has 4 heteroatoms. The Hall–Kier alpha value is -1.81. The molecule has 1 heterocycles. The van der Waals surface area contributed by atoms with E-state index in [9.17, 15) is 4.79 Å². The van der Waals surface area contributed by atoms with E-state index >= 15 is 0 Å². The molecule has 2 aliphatic rings. The quantitative estimate of drug-likeness (QED) is 0.849. The first-order valence-corrected chi connectivity index (χ1v) is 8.61. The molecule has 0 aromatic heterocycles. The summed E-state index contributed by atoms with van der Waals surface area (Å²) in [6, 6.07) is 11.2. The topological polar surface area (TPSA) is 41.6 Å². The zero-order valence-electron chi connectivity index (χ0n) is 13.8. The second kappa shape index (κ2) is 7.64. The van der Waals surface area contributed by atoms with Crippen LogP contribution < -0.4 is 5.32 Å².